The van der Waals surface area contributed by atoms with Crippen LogP contribution in [0, 0.1) is 6.92 Å². The van der Waals surface area contributed by atoms with Crippen molar-refractivity contribution in [3.63, 3.8) is 0 Å². The second kappa shape index (κ2) is 7.31. The molecule has 1 saturated heterocycles. The summed E-state index contributed by atoms with van der Waals surface area (Å²) in [7, 11) is -0.352. The van der Waals surface area contributed by atoms with Crippen LogP contribution in [0.4, 0.5) is 5.82 Å². The number of aromatic nitrogens is 3. The number of sulfonamides is 1. The summed E-state index contributed by atoms with van der Waals surface area (Å²) in [5.41, 5.74) is 2.09. The summed E-state index contributed by atoms with van der Waals surface area (Å²) < 4.78 is 31.6. The smallest absolute Gasteiger partial charge is 0.328 e. The number of hydrogen-bond acceptors (Lipinski definition) is 5. The van der Waals surface area contributed by atoms with Crippen molar-refractivity contribution in [2.75, 3.05) is 18.0 Å². The van der Waals surface area contributed by atoms with Crippen molar-refractivity contribution in [3.05, 3.63) is 52.6 Å². The molecule has 0 atom stereocenters. The molecule has 0 aliphatic carbocycles. The van der Waals surface area contributed by atoms with Crippen LogP contribution >= 0.6 is 0 Å². The maximum atomic E-state index is 12.9. The molecule has 2 aromatic heterocycles. The Morgan fingerprint density at radius 3 is 2.41 bits per heavy atom. The van der Waals surface area contributed by atoms with Gasteiger partial charge >= 0.3 is 5.69 Å². The predicted octanol–water partition coefficient (Wildman–Crippen LogP) is 1.53. The average molecular weight is 416 g/mol. The van der Waals surface area contributed by atoms with Gasteiger partial charge in [-0.1, -0.05) is 6.07 Å². The summed E-state index contributed by atoms with van der Waals surface area (Å²) in [6.45, 7) is 3.45. The van der Waals surface area contributed by atoms with Crippen LogP contribution in [0.2, 0.25) is 0 Å². The molecule has 0 unspecified atom stereocenters. The Balaban J connectivity index is 1.49. The Kier molecular flexibility index (Phi) is 4.95. The first-order valence-corrected chi connectivity index (χ1v) is 11.1. The Bertz CT molecular complexity index is 1220. The Labute approximate surface area is 169 Å². The quantitative estimate of drug-likeness (QED) is 0.698. The van der Waals surface area contributed by atoms with Crippen LogP contribution in [0.3, 0.4) is 0 Å². The van der Waals surface area contributed by atoms with Crippen LogP contribution in [0.15, 0.2) is 46.1 Å². The predicted molar refractivity (Wildman–Crippen MR) is 113 cm³/mol. The minimum absolute atomic E-state index is 0.128. The maximum absolute atomic E-state index is 12.9. The number of benzene rings is 1. The van der Waals surface area contributed by atoms with E-state index >= 15 is 0 Å². The highest BCUT2D eigenvalue weighted by atomic mass is 32.2. The van der Waals surface area contributed by atoms with Gasteiger partial charge in [-0.05, 0) is 50.1 Å². The fourth-order valence-corrected chi connectivity index (χ4v) is 5.20. The summed E-state index contributed by atoms with van der Waals surface area (Å²) in [4.78, 5) is 19.0. The van der Waals surface area contributed by atoms with E-state index in [1.54, 1.807) is 32.3 Å². The lowest BCUT2D eigenvalue weighted by atomic mass is 10.1. The summed E-state index contributed by atoms with van der Waals surface area (Å²) in [6, 6.07) is 10.6. The van der Waals surface area contributed by atoms with Gasteiger partial charge in [0.15, 0.2) is 0 Å². The number of nitrogens with one attached hydrogen (secondary N) is 1. The monoisotopic (exact) mass is 415 g/mol. The average Bonchev–Trinajstić information content (AvgIpc) is 2.92. The largest absolute Gasteiger partial charge is 0.356 e. The molecule has 4 rings (SSSR count). The van der Waals surface area contributed by atoms with Crippen LogP contribution in [0.5, 0.6) is 0 Å². The Morgan fingerprint density at radius 1 is 1.03 bits per heavy atom. The lowest BCUT2D eigenvalue weighted by molar-refractivity contribution is 0.458. The fraction of sp³-hybridized carbons (Fsp3) is 0.400. The van der Waals surface area contributed by atoms with E-state index < -0.39 is 10.0 Å². The number of imidazole rings is 1. The van der Waals surface area contributed by atoms with E-state index in [2.05, 4.69) is 14.6 Å². The first-order valence-electron chi connectivity index (χ1n) is 9.63. The van der Waals surface area contributed by atoms with Gasteiger partial charge in [-0.2, -0.15) is 0 Å². The van der Waals surface area contributed by atoms with Gasteiger partial charge < -0.3 is 4.90 Å². The zero-order valence-electron chi connectivity index (χ0n) is 16.8. The number of fused-ring (bicyclic) bond motifs is 1. The van der Waals surface area contributed by atoms with E-state index in [-0.39, 0.29) is 16.6 Å². The molecule has 9 heteroatoms. The molecule has 1 aromatic carbocycles. The number of rotatable bonds is 4. The first-order chi connectivity index (χ1) is 13.8. The van der Waals surface area contributed by atoms with Gasteiger partial charge in [0.1, 0.15) is 5.82 Å². The van der Waals surface area contributed by atoms with Crippen molar-refractivity contribution in [1.29, 1.82) is 0 Å². The molecule has 1 aliphatic heterocycles. The number of aryl methyl sites for hydroxylation is 3. The van der Waals surface area contributed by atoms with Crippen molar-refractivity contribution < 1.29 is 8.42 Å². The number of hydrogen-bond donors (Lipinski definition) is 1. The number of piperidine rings is 1. The molecule has 0 amide bonds. The summed E-state index contributed by atoms with van der Waals surface area (Å²) in [5, 5.41) is 0. The molecule has 0 radical (unpaired) electrons. The highest BCUT2D eigenvalue weighted by Crippen LogP contribution is 2.21. The van der Waals surface area contributed by atoms with Crippen LogP contribution in [0.25, 0.3) is 11.0 Å². The van der Waals surface area contributed by atoms with Crippen LogP contribution in [0.1, 0.15) is 18.5 Å². The van der Waals surface area contributed by atoms with Gasteiger partial charge in [-0.25, -0.2) is 22.9 Å². The van der Waals surface area contributed by atoms with Crippen molar-refractivity contribution in [1.82, 2.24) is 18.8 Å². The van der Waals surface area contributed by atoms with E-state index in [9.17, 15) is 13.2 Å². The third-order valence-corrected chi connectivity index (χ3v) is 7.09. The molecule has 29 heavy (non-hydrogen) atoms. The first kappa shape index (κ1) is 19.7. The third kappa shape index (κ3) is 3.67. The van der Waals surface area contributed by atoms with E-state index in [0.29, 0.717) is 23.9 Å². The van der Waals surface area contributed by atoms with Gasteiger partial charge in [0.25, 0.3) is 0 Å². The van der Waals surface area contributed by atoms with Gasteiger partial charge in [-0.3, -0.25) is 9.13 Å². The third-order valence-electron chi connectivity index (χ3n) is 5.57. The molecule has 1 fully saturated rings. The molecular weight excluding hydrogens is 390 g/mol. The van der Waals surface area contributed by atoms with E-state index in [4.69, 9.17) is 0 Å². The van der Waals surface area contributed by atoms with E-state index in [0.717, 1.165) is 24.6 Å². The lowest BCUT2D eigenvalue weighted by Crippen LogP contribution is -2.44. The maximum Gasteiger partial charge on any atom is 0.328 e. The van der Waals surface area contributed by atoms with Crippen LogP contribution in [-0.2, 0) is 24.1 Å². The topological polar surface area (TPSA) is 89.2 Å². The van der Waals surface area contributed by atoms with Crippen LogP contribution < -0.4 is 15.3 Å². The van der Waals surface area contributed by atoms with Crippen molar-refractivity contribution in [3.8, 4) is 0 Å². The Hall–Kier alpha value is -2.65. The highest BCUT2D eigenvalue weighted by molar-refractivity contribution is 7.89. The molecule has 3 heterocycles. The zero-order chi connectivity index (χ0) is 20.8. The van der Waals surface area contributed by atoms with Crippen LogP contribution in [-0.4, -0.2) is 41.7 Å². The SMILES string of the molecule is Cc1cccc(N2CCC(NS(=O)(=O)c3ccc4c(c3)n(C)c(=O)n4C)CC2)n1. The number of pyridine rings is 1. The molecule has 1 N–H and O–H groups in total. The van der Waals surface area contributed by atoms with E-state index in [1.807, 2.05) is 25.1 Å². The summed E-state index contributed by atoms with van der Waals surface area (Å²) >= 11 is 0. The molecule has 1 aliphatic rings. The van der Waals surface area contributed by atoms with Gasteiger partial charge in [0.2, 0.25) is 10.0 Å². The molecule has 0 bridgehead atoms. The van der Waals surface area contributed by atoms with Crippen molar-refractivity contribution >= 4 is 26.9 Å². The second-order valence-corrected chi connectivity index (χ2v) is 9.28. The van der Waals surface area contributed by atoms with Crippen molar-refractivity contribution in [2.45, 2.75) is 30.7 Å². The van der Waals surface area contributed by atoms with E-state index in [1.165, 1.54) is 9.13 Å². The molecule has 3 aromatic rings. The molecule has 8 nitrogen and oxygen atoms in total. The fourth-order valence-electron chi connectivity index (χ4n) is 3.87. The standard InChI is InChI=1S/C20H25N5O3S/c1-14-5-4-6-19(21-14)25-11-9-15(10-12-25)22-29(27,28)16-7-8-17-18(13-16)24(3)20(26)23(17)2/h4-8,13,15,22H,9-12H2,1-3H3. The summed E-state index contributed by atoms with van der Waals surface area (Å²) in [5.74, 6) is 0.932. The van der Waals surface area contributed by atoms with Gasteiger partial charge in [0.05, 0.1) is 15.9 Å². The summed E-state index contributed by atoms with van der Waals surface area (Å²) in [6.07, 6.45) is 1.42. The molecule has 0 saturated carbocycles. The zero-order valence-corrected chi connectivity index (χ0v) is 17.6. The van der Waals surface area contributed by atoms with Crippen molar-refractivity contribution in [2.24, 2.45) is 14.1 Å². The highest BCUT2D eigenvalue weighted by Gasteiger charge is 2.26. The number of anilines is 1. The lowest BCUT2D eigenvalue weighted by Gasteiger charge is -2.33. The number of nitrogens with zero attached hydrogens (tertiary/aromatic N) is 4. The normalized spacial score (nSPS) is 15.9. The van der Waals surface area contributed by atoms with Gasteiger partial charge in [-0.15, -0.1) is 0 Å². The minimum atomic E-state index is -3.67. The molecule has 0 spiro atoms. The molecular formula is C20H25N5O3S. The molecule has 154 valence electrons. The second-order valence-electron chi connectivity index (χ2n) is 7.57. The Morgan fingerprint density at radius 2 is 1.72 bits per heavy atom. The minimum Gasteiger partial charge on any atom is -0.356 e. The van der Waals surface area contributed by atoms with Gasteiger partial charge in [0, 0.05) is 38.9 Å².